The number of aromatic nitrogens is 2. The van der Waals surface area contributed by atoms with Crippen LogP contribution in [0.15, 0.2) is 53.5 Å². The molecule has 1 N–H and O–H groups in total. The van der Waals surface area contributed by atoms with E-state index < -0.39 is 0 Å². The Morgan fingerprint density at radius 2 is 2.15 bits per heavy atom. The van der Waals surface area contributed by atoms with E-state index in [1.807, 2.05) is 41.8 Å². The minimum Gasteiger partial charge on any atom is -0.322 e. The van der Waals surface area contributed by atoms with E-state index >= 15 is 0 Å². The molecule has 0 unspecified atom stereocenters. The van der Waals surface area contributed by atoms with Crippen LogP contribution in [0.3, 0.4) is 0 Å². The SMILES string of the molecule is Cc1cc(NC(=O)c2ccn3cncc3c2)ccc1Br. The highest BCUT2D eigenvalue weighted by atomic mass is 79.9. The lowest BCUT2D eigenvalue weighted by molar-refractivity contribution is 0.102. The van der Waals surface area contributed by atoms with Crippen LogP contribution in [0.4, 0.5) is 5.69 Å². The molecule has 1 amide bonds. The number of amides is 1. The van der Waals surface area contributed by atoms with E-state index in [2.05, 4.69) is 26.2 Å². The Kier molecular flexibility index (Phi) is 3.28. The largest absolute Gasteiger partial charge is 0.322 e. The lowest BCUT2D eigenvalue weighted by atomic mass is 10.2. The normalized spacial score (nSPS) is 10.7. The van der Waals surface area contributed by atoms with Gasteiger partial charge in [-0.15, -0.1) is 0 Å². The van der Waals surface area contributed by atoms with Crippen molar-refractivity contribution < 1.29 is 4.79 Å². The van der Waals surface area contributed by atoms with E-state index in [0.717, 1.165) is 21.2 Å². The van der Waals surface area contributed by atoms with E-state index in [1.54, 1.807) is 18.6 Å². The van der Waals surface area contributed by atoms with Crippen molar-refractivity contribution in [1.82, 2.24) is 9.38 Å². The van der Waals surface area contributed by atoms with Crippen LogP contribution in [-0.2, 0) is 0 Å². The molecule has 1 aromatic carbocycles. The molecule has 0 fully saturated rings. The summed E-state index contributed by atoms with van der Waals surface area (Å²) in [6, 6.07) is 9.31. The maximum Gasteiger partial charge on any atom is 0.255 e. The third-order valence-electron chi connectivity index (χ3n) is 3.09. The molecule has 100 valence electrons. The van der Waals surface area contributed by atoms with Gasteiger partial charge in [0, 0.05) is 21.9 Å². The first-order valence-corrected chi connectivity index (χ1v) is 6.92. The molecule has 0 aliphatic rings. The third-order valence-corrected chi connectivity index (χ3v) is 3.98. The van der Waals surface area contributed by atoms with E-state index in [-0.39, 0.29) is 5.91 Å². The number of hydrogen-bond acceptors (Lipinski definition) is 2. The summed E-state index contributed by atoms with van der Waals surface area (Å²) < 4.78 is 2.89. The zero-order valence-electron chi connectivity index (χ0n) is 10.8. The highest BCUT2D eigenvalue weighted by Gasteiger charge is 2.08. The summed E-state index contributed by atoms with van der Waals surface area (Å²) in [5, 5.41) is 2.89. The Bertz CT molecular complexity index is 795. The van der Waals surface area contributed by atoms with Gasteiger partial charge in [-0.3, -0.25) is 4.79 Å². The first-order valence-electron chi connectivity index (χ1n) is 6.13. The van der Waals surface area contributed by atoms with Gasteiger partial charge in [-0.25, -0.2) is 4.98 Å². The standard InChI is InChI=1S/C15H12BrN3O/c1-10-6-12(2-3-14(10)16)18-15(20)11-4-5-19-9-17-8-13(19)7-11/h2-9H,1H3,(H,18,20). The summed E-state index contributed by atoms with van der Waals surface area (Å²) in [5.41, 5.74) is 3.36. The molecular formula is C15H12BrN3O. The number of nitrogens with zero attached hydrogens (tertiary/aromatic N) is 2. The molecule has 2 aromatic heterocycles. The molecule has 20 heavy (non-hydrogen) atoms. The fourth-order valence-electron chi connectivity index (χ4n) is 1.99. The topological polar surface area (TPSA) is 46.4 Å². The molecule has 0 saturated heterocycles. The van der Waals surface area contributed by atoms with Gasteiger partial charge in [0.25, 0.3) is 5.91 Å². The average molecular weight is 330 g/mol. The molecule has 0 aliphatic heterocycles. The molecular weight excluding hydrogens is 318 g/mol. The molecule has 0 saturated carbocycles. The summed E-state index contributed by atoms with van der Waals surface area (Å²) >= 11 is 3.44. The van der Waals surface area contributed by atoms with Crippen LogP contribution >= 0.6 is 15.9 Å². The lowest BCUT2D eigenvalue weighted by Gasteiger charge is -2.07. The van der Waals surface area contributed by atoms with Crippen LogP contribution in [0.5, 0.6) is 0 Å². The van der Waals surface area contributed by atoms with E-state index in [1.165, 1.54) is 0 Å². The van der Waals surface area contributed by atoms with Crippen molar-refractivity contribution in [1.29, 1.82) is 0 Å². The summed E-state index contributed by atoms with van der Waals surface area (Å²) in [4.78, 5) is 16.3. The van der Waals surface area contributed by atoms with Gasteiger partial charge in [0.2, 0.25) is 0 Å². The molecule has 5 heteroatoms. The number of halogens is 1. The molecule has 3 rings (SSSR count). The van der Waals surface area contributed by atoms with Crippen molar-refractivity contribution in [3.8, 4) is 0 Å². The second-order valence-corrected chi connectivity index (χ2v) is 5.41. The van der Waals surface area contributed by atoms with Gasteiger partial charge in [0.1, 0.15) is 0 Å². The number of imidazole rings is 1. The highest BCUT2D eigenvalue weighted by molar-refractivity contribution is 9.10. The Labute approximate surface area is 124 Å². The monoisotopic (exact) mass is 329 g/mol. The van der Waals surface area contributed by atoms with Gasteiger partial charge >= 0.3 is 0 Å². The maximum atomic E-state index is 12.2. The molecule has 0 spiro atoms. The van der Waals surface area contributed by atoms with Gasteiger partial charge in [-0.05, 0) is 42.8 Å². The fourth-order valence-corrected chi connectivity index (χ4v) is 2.23. The molecule has 2 heterocycles. The second kappa shape index (κ2) is 5.09. The zero-order valence-corrected chi connectivity index (χ0v) is 12.4. The number of benzene rings is 1. The summed E-state index contributed by atoms with van der Waals surface area (Å²) in [6.45, 7) is 1.98. The molecule has 0 radical (unpaired) electrons. The van der Waals surface area contributed by atoms with E-state index in [0.29, 0.717) is 5.56 Å². The Balaban J connectivity index is 1.86. The Morgan fingerprint density at radius 3 is 2.95 bits per heavy atom. The van der Waals surface area contributed by atoms with Crippen molar-refractivity contribution in [2.75, 3.05) is 5.32 Å². The van der Waals surface area contributed by atoms with Gasteiger partial charge in [0.05, 0.1) is 18.0 Å². The first kappa shape index (κ1) is 12.9. The van der Waals surface area contributed by atoms with Crippen LogP contribution in [0.25, 0.3) is 5.52 Å². The predicted molar refractivity (Wildman–Crippen MR) is 82.0 cm³/mol. The van der Waals surface area contributed by atoms with E-state index in [9.17, 15) is 4.79 Å². The number of rotatable bonds is 2. The van der Waals surface area contributed by atoms with Gasteiger partial charge in [0.15, 0.2) is 0 Å². The van der Waals surface area contributed by atoms with Crippen molar-refractivity contribution in [3.05, 3.63) is 64.7 Å². The number of fused-ring (bicyclic) bond motifs is 1. The van der Waals surface area contributed by atoms with Crippen LogP contribution in [0.2, 0.25) is 0 Å². The smallest absolute Gasteiger partial charge is 0.255 e. The number of nitrogens with one attached hydrogen (secondary N) is 1. The van der Waals surface area contributed by atoms with Crippen molar-refractivity contribution in [2.45, 2.75) is 6.92 Å². The van der Waals surface area contributed by atoms with Gasteiger partial charge < -0.3 is 9.72 Å². The number of aryl methyl sites for hydroxylation is 1. The van der Waals surface area contributed by atoms with Crippen LogP contribution in [-0.4, -0.2) is 15.3 Å². The highest BCUT2D eigenvalue weighted by Crippen LogP contribution is 2.20. The minimum absolute atomic E-state index is 0.129. The second-order valence-electron chi connectivity index (χ2n) is 4.56. The molecule has 3 aromatic rings. The predicted octanol–water partition coefficient (Wildman–Crippen LogP) is 3.66. The van der Waals surface area contributed by atoms with Crippen LogP contribution < -0.4 is 5.32 Å². The minimum atomic E-state index is -0.129. The number of anilines is 1. The molecule has 0 aliphatic carbocycles. The number of hydrogen-bond donors (Lipinski definition) is 1. The Morgan fingerprint density at radius 1 is 1.30 bits per heavy atom. The summed E-state index contributed by atoms with van der Waals surface area (Å²) in [7, 11) is 0. The average Bonchev–Trinajstić information content (AvgIpc) is 2.90. The van der Waals surface area contributed by atoms with Gasteiger partial charge in [-0.2, -0.15) is 0 Å². The molecule has 4 nitrogen and oxygen atoms in total. The summed E-state index contributed by atoms with van der Waals surface area (Å²) in [6.07, 6.45) is 5.25. The maximum absolute atomic E-state index is 12.2. The van der Waals surface area contributed by atoms with Crippen LogP contribution in [0.1, 0.15) is 15.9 Å². The number of carbonyl (C=O) groups is 1. The van der Waals surface area contributed by atoms with Crippen molar-refractivity contribution in [2.24, 2.45) is 0 Å². The van der Waals surface area contributed by atoms with Gasteiger partial charge in [-0.1, -0.05) is 15.9 Å². The Hall–Kier alpha value is -2.14. The third kappa shape index (κ3) is 2.44. The lowest BCUT2D eigenvalue weighted by Crippen LogP contribution is -2.12. The van der Waals surface area contributed by atoms with Crippen LogP contribution in [0, 0.1) is 6.92 Å². The van der Waals surface area contributed by atoms with Crippen molar-refractivity contribution in [3.63, 3.8) is 0 Å². The quantitative estimate of drug-likeness (QED) is 0.779. The molecule has 0 bridgehead atoms. The number of carbonyl (C=O) groups excluding carboxylic acids is 1. The first-order chi connectivity index (χ1) is 9.63. The zero-order chi connectivity index (χ0) is 14.1. The molecule has 0 atom stereocenters. The van der Waals surface area contributed by atoms with Crippen molar-refractivity contribution >= 4 is 33.0 Å². The van der Waals surface area contributed by atoms with E-state index in [4.69, 9.17) is 0 Å². The fraction of sp³-hybridized carbons (Fsp3) is 0.0667. The number of pyridine rings is 1. The summed E-state index contributed by atoms with van der Waals surface area (Å²) in [5.74, 6) is -0.129.